The second-order valence-corrected chi connectivity index (χ2v) is 9.99. The molecule has 2 aromatic carbocycles. The normalized spacial score (nSPS) is 20.0. The van der Waals surface area contributed by atoms with Gasteiger partial charge in [-0.15, -0.1) is 12.4 Å². The van der Waals surface area contributed by atoms with Crippen LogP contribution in [0.2, 0.25) is 10.0 Å². The fraction of sp³-hybridized carbons (Fsp3) is 0.462. The monoisotopic (exact) mass is 477 g/mol. The van der Waals surface area contributed by atoms with Crippen LogP contribution in [0.4, 0.5) is 0 Å². The first-order valence-corrected chi connectivity index (χ1v) is 12.0. The second-order valence-electron chi connectivity index (χ2n) is 9.17. The van der Waals surface area contributed by atoms with Crippen molar-refractivity contribution in [1.82, 2.24) is 4.90 Å². The minimum Gasteiger partial charge on any atom is -0.492 e. The van der Waals surface area contributed by atoms with Crippen LogP contribution in [0.25, 0.3) is 12.2 Å². The molecule has 2 aromatic rings. The van der Waals surface area contributed by atoms with Gasteiger partial charge in [-0.25, -0.2) is 0 Å². The fourth-order valence-corrected chi connectivity index (χ4v) is 5.65. The molecule has 0 aromatic heterocycles. The highest BCUT2D eigenvalue weighted by atomic mass is 35.5. The molecule has 2 aliphatic heterocycles. The van der Waals surface area contributed by atoms with Gasteiger partial charge in [0, 0.05) is 26.6 Å². The van der Waals surface area contributed by atoms with Gasteiger partial charge >= 0.3 is 0 Å². The molecule has 0 bridgehead atoms. The summed E-state index contributed by atoms with van der Waals surface area (Å²) in [5.41, 5.74) is 4.87. The predicted octanol–water partition coefficient (Wildman–Crippen LogP) is 7.60. The number of nitrogens with zero attached hydrogens (tertiary/aromatic N) is 1. The van der Waals surface area contributed by atoms with Crippen LogP contribution in [0, 0.1) is 0 Å². The maximum atomic E-state index is 6.53. The molecule has 2 fully saturated rings. The molecule has 5 heteroatoms. The van der Waals surface area contributed by atoms with Crippen molar-refractivity contribution < 1.29 is 4.74 Å². The number of halogens is 3. The molecule has 0 radical (unpaired) electrons. The summed E-state index contributed by atoms with van der Waals surface area (Å²) in [4.78, 5) is 2.59. The zero-order chi connectivity index (χ0) is 20.7. The summed E-state index contributed by atoms with van der Waals surface area (Å²) in [6.45, 7) is 6.63. The van der Waals surface area contributed by atoms with E-state index in [1.165, 1.54) is 62.9 Å². The molecule has 1 aliphatic carbocycles. The summed E-state index contributed by atoms with van der Waals surface area (Å²) in [5.74, 6) is 1.69. The van der Waals surface area contributed by atoms with Gasteiger partial charge in [-0.1, -0.05) is 54.4 Å². The van der Waals surface area contributed by atoms with Crippen LogP contribution in [0.1, 0.15) is 67.2 Å². The van der Waals surface area contributed by atoms with E-state index < -0.39 is 0 Å². The van der Waals surface area contributed by atoms with Crippen LogP contribution in [0.15, 0.2) is 30.3 Å². The standard InChI is InChI=1S/C26H29Cl2NO.ClH/c1-2-11-29-12-9-26(10-13-29)17-30-25-14-18(4-8-22(25)26)3-7-21-23(27)15-20(16-24(21)28)19-5-6-19;/h3-4,7-8,14-16,19H,2,5-6,9-13,17H2,1H3;1H/b7-3+;. The Kier molecular flexibility index (Phi) is 6.93. The molecule has 1 spiro atoms. The molecule has 2 nitrogen and oxygen atoms in total. The third-order valence-electron chi connectivity index (χ3n) is 7.03. The molecule has 31 heavy (non-hydrogen) atoms. The average molecular weight is 479 g/mol. The number of piperidine rings is 1. The van der Waals surface area contributed by atoms with Crippen molar-refractivity contribution in [1.29, 1.82) is 0 Å². The van der Waals surface area contributed by atoms with Crippen molar-refractivity contribution in [3.05, 3.63) is 62.6 Å². The number of ether oxygens (including phenoxy) is 1. The maximum Gasteiger partial charge on any atom is 0.123 e. The first kappa shape index (κ1) is 23.0. The third kappa shape index (κ3) is 4.64. The number of benzene rings is 2. The Balaban J connectivity index is 0.00000231. The molecule has 0 N–H and O–H groups in total. The molecule has 0 amide bonds. The van der Waals surface area contributed by atoms with Crippen molar-refractivity contribution in [3.8, 4) is 5.75 Å². The lowest BCUT2D eigenvalue weighted by molar-refractivity contribution is 0.135. The Labute approximate surface area is 202 Å². The van der Waals surface area contributed by atoms with Crippen LogP contribution in [0.5, 0.6) is 5.75 Å². The van der Waals surface area contributed by atoms with Gasteiger partial charge in [0.25, 0.3) is 0 Å². The van der Waals surface area contributed by atoms with Gasteiger partial charge in [-0.3, -0.25) is 0 Å². The first-order chi connectivity index (χ1) is 14.6. The fourth-order valence-electron chi connectivity index (χ4n) is 5.02. The lowest BCUT2D eigenvalue weighted by Gasteiger charge is -2.38. The molecular formula is C26H30Cl3NO. The van der Waals surface area contributed by atoms with Crippen molar-refractivity contribution >= 4 is 47.8 Å². The van der Waals surface area contributed by atoms with Gasteiger partial charge < -0.3 is 9.64 Å². The average Bonchev–Trinajstić information content (AvgIpc) is 3.53. The molecular weight excluding hydrogens is 449 g/mol. The van der Waals surface area contributed by atoms with E-state index in [9.17, 15) is 0 Å². The first-order valence-electron chi connectivity index (χ1n) is 11.2. The van der Waals surface area contributed by atoms with Crippen LogP contribution in [-0.2, 0) is 5.41 Å². The van der Waals surface area contributed by atoms with E-state index in [4.69, 9.17) is 27.9 Å². The van der Waals surface area contributed by atoms with Crippen LogP contribution >= 0.6 is 35.6 Å². The number of rotatable bonds is 5. The van der Waals surface area contributed by atoms with E-state index in [2.05, 4.69) is 48.2 Å². The molecule has 0 unspecified atom stereocenters. The van der Waals surface area contributed by atoms with Gasteiger partial charge in [-0.05, 0) is 87.0 Å². The molecule has 5 rings (SSSR count). The summed E-state index contributed by atoms with van der Waals surface area (Å²) in [5, 5.41) is 1.46. The summed E-state index contributed by atoms with van der Waals surface area (Å²) >= 11 is 13.1. The molecule has 166 valence electrons. The Bertz CT molecular complexity index is 952. The molecule has 0 atom stereocenters. The van der Waals surface area contributed by atoms with E-state index in [0.29, 0.717) is 5.92 Å². The third-order valence-corrected chi connectivity index (χ3v) is 7.65. The zero-order valence-corrected chi connectivity index (χ0v) is 20.3. The highest BCUT2D eigenvalue weighted by molar-refractivity contribution is 6.37. The number of hydrogen-bond donors (Lipinski definition) is 0. The topological polar surface area (TPSA) is 12.5 Å². The summed E-state index contributed by atoms with van der Waals surface area (Å²) < 4.78 is 6.17. The van der Waals surface area contributed by atoms with Crippen LogP contribution in [0.3, 0.4) is 0 Å². The minimum atomic E-state index is 0. The molecule has 1 saturated carbocycles. The maximum absolute atomic E-state index is 6.53. The highest BCUT2D eigenvalue weighted by Crippen LogP contribution is 2.46. The van der Waals surface area contributed by atoms with Gasteiger partial charge in [0.15, 0.2) is 0 Å². The molecule has 3 aliphatic rings. The second kappa shape index (κ2) is 9.35. The van der Waals surface area contributed by atoms with E-state index in [-0.39, 0.29) is 17.8 Å². The van der Waals surface area contributed by atoms with E-state index >= 15 is 0 Å². The van der Waals surface area contributed by atoms with Gasteiger partial charge in [-0.2, -0.15) is 0 Å². The van der Waals surface area contributed by atoms with Gasteiger partial charge in [0.1, 0.15) is 5.75 Å². The Morgan fingerprint density at radius 1 is 1.06 bits per heavy atom. The summed E-state index contributed by atoms with van der Waals surface area (Å²) in [6, 6.07) is 10.8. The molecule has 2 heterocycles. The summed E-state index contributed by atoms with van der Waals surface area (Å²) in [6.07, 6.45) is 10.2. The van der Waals surface area contributed by atoms with E-state index in [1.54, 1.807) is 0 Å². The minimum absolute atomic E-state index is 0. The van der Waals surface area contributed by atoms with E-state index in [0.717, 1.165) is 33.5 Å². The zero-order valence-electron chi connectivity index (χ0n) is 18.0. The summed E-state index contributed by atoms with van der Waals surface area (Å²) in [7, 11) is 0. The number of fused-ring (bicyclic) bond motifs is 2. The van der Waals surface area contributed by atoms with Crippen molar-refractivity contribution in [3.63, 3.8) is 0 Å². The lowest BCUT2D eigenvalue weighted by Crippen LogP contribution is -2.43. The predicted molar refractivity (Wildman–Crippen MR) is 134 cm³/mol. The Morgan fingerprint density at radius 3 is 2.42 bits per heavy atom. The van der Waals surface area contributed by atoms with Crippen molar-refractivity contribution in [2.24, 2.45) is 0 Å². The van der Waals surface area contributed by atoms with Gasteiger partial charge in [0.2, 0.25) is 0 Å². The quantitative estimate of drug-likeness (QED) is 0.410. The van der Waals surface area contributed by atoms with Crippen LogP contribution < -0.4 is 4.74 Å². The highest BCUT2D eigenvalue weighted by Gasteiger charge is 2.42. The smallest absolute Gasteiger partial charge is 0.123 e. The molecule has 1 saturated heterocycles. The van der Waals surface area contributed by atoms with Gasteiger partial charge in [0.05, 0.1) is 6.61 Å². The Morgan fingerprint density at radius 2 is 1.77 bits per heavy atom. The SMILES string of the molecule is CCCN1CCC2(CC1)COc1cc(/C=C/c3c(Cl)cc(C4CC4)cc3Cl)ccc12.Cl. The van der Waals surface area contributed by atoms with E-state index in [1.807, 2.05) is 6.08 Å². The van der Waals surface area contributed by atoms with Crippen molar-refractivity contribution in [2.75, 3.05) is 26.2 Å². The van der Waals surface area contributed by atoms with Crippen LogP contribution in [-0.4, -0.2) is 31.1 Å². The number of likely N-dealkylation sites (tertiary alicyclic amines) is 1. The van der Waals surface area contributed by atoms with Crippen molar-refractivity contribution in [2.45, 2.75) is 50.4 Å². The lowest BCUT2D eigenvalue weighted by atomic mass is 9.74. The number of hydrogen-bond acceptors (Lipinski definition) is 2. The Hall–Kier alpha value is -1.19. The largest absolute Gasteiger partial charge is 0.492 e.